The summed E-state index contributed by atoms with van der Waals surface area (Å²) in [7, 11) is 13.4. The predicted octanol–water partition coefficient (Wildman–Crippen LogP) is 0.609. The lowest BCUT2D eigenvalue weighted by Crippen LogP contribution is -2.40. The van der Waals surface area contributed by atoms with Gasteiger partial charge in [0.1, 0.15) is 5.75 Å². The van der Waals surface area contributed by atoms with Gasteiger partial charge in [-0.1, -0.05) is 19.0 Å². The van der Waals surface area contributed by atoms with Crippen LogP contribution >= 0.6 is 0 Å². The molecular weight excluding hydrogens is 478 g/mol. The van der Waals surface area contributed by atoms with Crippen molar-refractivity contribution >= 4 is 62.8 Å². The third-order valence-electron chi connectivity index (χ3n) is 4.68. The Morgan fingerprint density at radius 2 is 1.56 bits per heavy atom. The highest BCUT2D eigenvalue weighted by Gasteiger charge is 2.46. The molecule has 0 heterocycles. The maximum absolute atomic E-state index is 13.3. The number of hydrogen-bond donors (Lipinski definition) is 2. The van der Waals surface area contributed by atoms with Crippen molar-refractivity contribution in [3.05, 3.63) is 22.3 Å². The van der Waals surface area contributed by atoms with Gasteiger partial charge in [0.05, 0.1) is 34.8 Å². The Labute approximate surface area is 198 Å². The molecule has 180 valence electrons. The number of amides is 2. The predicted molar refractivity (Wildman–Crippen MR) is 120 cm³/mol. The molecule has 34 heavy (non-hydrogen) atoms. The topological polar surface area (TPSA) is 130 Å². The molecule has 1 rings (SSSR count). The molecule has 2 amide bonds. The number of nitrogens with zero attached hydrogens (tertiary/aromatic N) is 1. The smallest absolute Gasteiger partial charge is 0.426 e. The van der Waals surface area contributed by atoms with Crippen LogP contribution in [0.4, 0.5) is 24.5 Å². The van der Waals surface area contributed by atoms with Gasteiger partial charge in [-0.15, -0.1) is 0 Å². The zero-order valence-electron chi connectivity index (χ0n) is 18.5. The Kier molecular flexibility index (Phi) is 9.82. The van der Waals surface area contributed by atoms with Gasteiger partial charge >= 0.3 is 12.1 Å². The molecule has 0 bridgehead atoms. The van der Waals surface area contributed by atoms with E-state index < -0.39 is 64.1 Å². The van der Waals surface area contributed by atoms with Crippen LogP contribution in [0.3, 0.4) is 0 Å². The number of carbonyl (C=O) groups is 3. The summed E-state index contributed by atoms with van der Waals surface area (Å²) in [6.45, 7) is 2.26. The number of nitrogens with one attached hydrogen (secondary N) is 1. The lowest BCUT2D eigenvalue weighted by atomic mass is 9.78. The molecule has 0 fully saturated rings. The first-order chi connectivity index (χ1) is 15.5. The Morgan fingerprint density at radius 3 is 1.91 bits per heavy atom. The molecule has 1 aromatic carbocycles. The van der Waals surface area contributed by atoms with E-state index in [9.17, 15) is 36.0 Å². The van der Waals surface area contributed by atoms with E-state index in [2.05, 4.69) is 10.1 Å². The van der Waals surface area contributed by atoms with Crippen LogP contribution in [-0.2, 0) is 43.4 Å². The number of anilines is 2. The van der Waals surface area contributed by atoms with E-state index >= 15 is 0 Å². The van der Waals surface area contributed by atoms with Crippen molar-refractivity contribution in [2.45, 2.75) is 45.1 Å². The molecule has 0 aliphatic rings. The van der Waals surface area contributed by atoms with Crippen LogP contribution in [0.1, 0.15) is 40.9 Å². The zero-order chi connectivity index (χ0) is 26.6. The summed E-state index contributed by atoms with van der Waals surface area (Å²) in [5.74, 6) is -4.88. The summed E-state index contributed by atoms with van der Waals surface area (Å²) < 4.78 is 75.4. The van der Waals surface area contributed by atoms with Gasteiger partial charge in [-0.25, -0.2) is 4.79 Å². The number of ether oxygens (including phenoxy) is 1. The Morgan fingerprint density at radius 1 is 1.06 bits per heavy atom. The fourth-order valence-electron chi connectivity index (χ4n) is 3.22. The minimum absolute atomic E-state index is 0.0660. The van der Waals surface area contributed by atoms with Crippen LogP contribution in [-0.4, -0.2) is 79.4 Å². The summed E-state index contributed by atoms with van der Waals surface area (Å²) in [5.41, 5.74) is -1.07. The second-order valence-electron chi connectivity index (χ2n) is 7.09. The maximum Gasteiger partial charge on any atom is 0.426 e. The van der Waals surface area contributed by atoms with Crippen molar-refractivity contribution in [1.29, 1.82) is 0 Å². The normalized spacial score (nSPS) is 12.7. The number of esters is 1. The molecule has 2 N–H and O–H groups in total. The van der Waals surface area contributed by atoms with Gasteiger partial charge in [0.2, 0.25) is 17.9 Å². The SMILES string of the molecule is [B]Cc1c(NC(C)=O)c(C[B])c(N(C)C(C)=O)c(C[B])c1C(=O)OC(CS(=O)(=O)O)C(F)(F)F. The fourth-order valence-corrected chi connectivity index (χ4v) is 3.86. The van der Waals surface area contributed by atoms with Gasteiger partial charge in [-0.05, 0) is 16.7 Å². The molecule has 1 aromatic rings. The molecule has 6 radical (unpaired) electrons. The standard InChI is InChI=1S/C18H20B3F3N2O7S/c1-8(27)25-15-10(4-19)14(11(5-20)16(12(15)6-21)26(3)9(2)28)17(29)33-13(18(22,23)24)7-34(30,31)32/h13H,4-7H2,1-3H3,(H,25,27)(H,30,31,32). The quantitative estimate of drug-likeness (QED) is 0.290. The summed E-state index contributed by atoms with van der Waals surface area (Å²) in [6.07, 6.45) is -9.93. The minimum Gasteiger partial charge on any atom is -0.448 e. The van der Waals surface area contributed by atoms with Crippen molar-refractivity contribution in [2.24, 2.45) is 0 Å². The van der Waals surface area contributed by atoms with E-state index in [4.69, 9.17) is 28.1 Å². The lowest BCUT2D eigenvalue weighted by molar-refractivity contribution is -0.197. The second-order valence-corrected chi connectivity index (χ2v) is 8.59. The van der Waals surface area contributed by atoms with E-state index in [0.717, 1.165) is 18.7 Å². The Balaban J connectivity index is 4.00. The highest BCUT2D eigenvalue weighted by molar-refractivity contribution is 7.85. The molecule has 0 spiro atoms. The highest BCUT2D eigenvalue weighted by Crippen LogP contribution is 2.39. The third-order valence-corrected chi connectivity index (χ3v) is 5.40. The van der Waals surface area contributed by atoms with E-state index in [0.29, 0.717) is 0 Å². The molecule has 0 aliphatic carbocycles. The average Bonchev–Trinajstić information content (AvgIpc) is 2.69. The monoisotopic (exact) mass is 498 g/mol. The molecule has 1 atom stereocenters. The van der Waals surface area contributed by atoms with Crippen molar-refractivity contribution in [3.8, 4) is 0 Å². The molecule has 0 aromatic heterocycles. The van der Waals surface area contributed by atoms with Gasteiger partial charge in [-0.2, -0.15) is 21.6 Å². The molecule has 0 aliphatic heterocycles. The van der Waals surface area contributed by atoms with E-state index in [1.165, 1.54) is 7.05 Å². The van der Waals surface area contributed by atoms with E-state index in [1.54, 1.807) is 0 Å². The first kappa shape index (κ1) is 29.6. The Bertz CT molecular complexity index is 1080. The summed E-state index contributed by atoms with van der Waals surface area (Å²) >= 11 is 0. The molecular formula is C18H20B3F3N2O7S. The number of alkyl halides is 3. The number of hydrogen-bond acceptors (Lipinski definition) is 6. The average molecular weight is 498 g/mol. The van der Waals surface area contributed by atoms with Crippen LogP contribution in [0, 0.1) is 0 Å². The molecule has 1 unspecified atom stereocenters. The van der Waals surface area contributed by atoms with Gasteiger partial charge in [0, 0.05) is 26.6 Å². The first-order valence-corrected chi connectivity index (χ1v) is 11.2. The number of halogens is 3. The molecule has 16 heteroatoms. The molecule has 9 nitrogen and oxygen atoms in total. The van der Waals surface area contributed by atoms with Crippen molar-refractivity contribution in [2.75, 3.05) is 23.0 Å². The minimum atomic E-state index is -5.37. The van der Waals surface area contributed by atoms with Crippen molar-refractivity contribution < 1.29 is 45.3 Å². The first-order valence-electron chi connectivity index (χ1n) is 9.55. The Hall–Kier alpha value is -2.48. The van der Waals surface area contributed by atoms with Crippen molar-refractivity contribution in [1.82, 2.24) is 0 Å². The summed E-state index contributed by atoms with van der Waals surface area (Å²) in [6, 6.07) is 0. The molecule has 0 saturated heterocycles. The van der Waals surface area contributed by atoms with Crippen LogP contribution in [0.5, 0.6) is 0 Å². The van der Waals surface area contributed by atoms with Crippen LogP contribution < -0.4 is 10.2 Å². The number of rotatable bonds is 9. The van der Waals surface area contributed by atoms with Gasteiger partial charge < -0.3 is 15.0 Å². The van der Waals surface area contributed by atoms with E-state index in [1.807, 2.05) is 0 Å². The van der Waals surface area contributed by atoms with E-state index in [-0.39, 0.29) is 34.4 Å². The summed E-state index contributed by atoms with van der Waals surface area (Å²) in [5, 5.41) is 2.40. The third kappa shape index (κ3) is 7.01. The van der Waals surface area contributed by atoms with Crippen LogP contribution in [0.25, 0.3) is 0 Å². The van der Waals surface area contributed by atoms with Gasteiger partial charge in [0.15, 0.2) is 0 Å². The number of carbonyl (C=O) groups excluding carboxylic acids is 3. The second kappa shape index (κ2) is 11.3. The van der Waals surface area contributed by atoms with Gasteiger partial charge in [-0.3, -0.25) is 14.1 Å². The number of benzene rings is 1. The van der Waals surface area contributed by atoms with Gasteiger partial charge in [0.25, 0.3) is 10.1 Å². The van der Waals surface area contributed by atoms with Crippen molar-refractivity contribution in [3.63, 3.8) is 0 Å². The highest BCUT2D eigenvalue weighted by atomic mass is 32.2. The molecule has 0 saturated carbocycles. The maximum atomic E-state index is 13.3. The zero-order valence-corrected chi connectivity index (χ0v) is 19.3. The lowest BCUT2D eigenvalue weighted by Gasteiger charge is -2.30. The largest absolute Gasteiger partial charge is 0.448 e. The fraction of sp³-hybridized carbons (Fsp3) is 0.500. The van der Waals surface area contributed by atoms with Crippen LogP contribution in [0.2, 0.25) is 0 Å². The van der Waals surface area contributed by atoms with Crippen LogP contribution in [0.15, 0.2) is 0 Å². The summed E-state index contributed by atoms with van der Waals surface area (Å²) in [4.78, 5) is 37.9.